The highest BCUT2D eigenvalue weighted by atomic mass is 32.2. The van der Waals surface area contributed by atoms with Crippen molar-refractivity contribution in [3.63, 3.8) is 0 Å². The SMILES string of the molecule is CCOCN(CC)S(=O)c1ccccc1[N+](=O)[O-]. The van der Waals surface area contributed by atoms with Gasteiger partial charge in [0.2, 0.25) is 0 Å². The highest BCUT2D eigenvalue weighted by Crippen LogP contribution is 2.23. The normalized spacial score (nSPS) is 12.6. The number of ether oxygens (including phenoxy) is 1. The third-order valence-corrected chi connectivity index (χ3v) is 3.83. The van der Waals surface area contributed by atoms with E-state index in [0.29, 0.717) is 13.2 Å². The van der Waals surface area contributed by atoms with Crippen molar-refractivity contribution in [2.24, 2.45) is 0 Å². The zero-order valence-electron chi connectivity index (χ0n) is 10.4. The van der Waals surface area contributed by atoms with Crippen molar-refractivity contribution in [1.82, 2.24) is 4.31 Å². The lowest BCUT2D eigenvalue weighted by Crippen LogP contribution is -2.29. The molecule has 1 unspecified atom stereocenters. The number of nitrogens with zero attached hydrogens (tertiary/aromatic N) is 2. The molecule has 1 aromatic rings. The quantitative estimate of drug-likeness (QED) is 0.432. The predicted octanol–water partition coefficient (Wildman–Crippen LogP) is 1.93. The minimum Gasteiger partial charge on any atom is -0.365 e. The third-order valence-electron chi connectivity index (χ3n) is 2.28. The maximum absolute atomic E-state index is 12.3. The van der Waals surface area contributed by atoms with Gasteiger partial charge < -0.3 is 4.74 Å². The first-order valence-electron chi connectivity index (χ1n) is 5.59. The predicted molar refractivity (Wildman–Crippen MR) is 68.4 cm³/mol. The van der Waals surface area contributed by atoms with Gasteiger partial charge in [-0.25, -0.2) is 4.21 Å². The molecular weight excluding hydrogens is 256 g/mol. The lowest BCUT2D eigenvalue weighted by molar-refractivity contribution is -0.387. The summed E-state index contributed by atoms with van der Waals surface area (Å²) in [6.45, 7) is 4.84. The summed E-state index contributed by atoms with van der Waals surface area (Å²) < 4.78 is 19.0. The molecule has 1 atom stereocenters. The van der Waals surface area contributed by atoms with Crippen LogP contribution in [0.4, 0.5) is 5.69 Å². The molecule has 6 nitrogen and oxygen atoms in total. The minimum absolute atomic E-state index is 0.134. The molecule has 0 heterocycles. The molecule has 0 spiro atoms. The molecular formula is C11H16N2O4S. The Morgan fingerprint density at radius 1 is 1.39 bits per heavy atom. The summed E-state index contributed by atoms with van der Waals surface area (Å²) in [6, 6.07) is 6.04. The number of hydrogen-bond donors (Lipinski definition) is 0. The van der Waals surface area contributed by atoms with Gasteiger partial charge in [-0.15, -0.1) is 0 Å². The Hall–Kier alpha value is -1.31. The lowest BCUT2D eigenvalue weighted by Gasteiger charge is -2.18. The van der Waals surface area contributed by atoms with Crippen LogP contribution in [-0.2, 0) is 15.7 Å². The molecule has 0 fully saturated rings. The minimum atomic E-state index is -1.59. The third kappa shape index (κ3) is 3.59. The molecule has 0 radical (unpaired) electrons. The summed E-state index contributed by atoms with van der Waals surface area (Å²) in [7, 11) is -1.59. The van der Waals surface area contributed by atoms with Crippen LogP contribution in [0.15, 0.2) is 29.2 Å². The second-order valence-corrected chi connectivity index (χ2v) is 4.85. The van der Waals surface area contributed by atoms with E-state index in [1.807, 2.05) is 13.8 Å². The molecule has 0 bridgehead atoms. The number of nitro benzene ring substituents is 1. The first-order valence-corrected chi connectivity index (χ1v) is 6.70. The monoisotopic (exact) mass is 272 g/mol. The molecule has 1 aromatic carbocycles. The summed E-state index contributed by atoms with van der Waals surface area (Å²) in [5.74, 6) is 0. The number of rotatable bonds is 7. The maximum atomic E-state index is 12.3. The molecule has 0 aromatic heterocycles. The van der Waals surface area contributed by atoms with Gasteiger partial charge in [-0.1, -0.05) is 19.1 Å². The summed E-state index contributed by atoms with van der Waals surface area (Å²) >= 11 is 0. The largest absolute Gasteiger partial charge is 0.365 e. The van der Waals surface area contributed by atoms with Crippen LogP contribution in [-0.4, -0.2) is 33.3 Å². The molecule has 0 aliphatic carbocycles. The molecule has 0 saturated heterocycles. The Kier molecular flexibility index (Phi) is 5.90. The highest BCUT2D eigenvalue weighted by Gasteiger charge is 2.22. The van der Waals surface area contributed by atoms with E-state index in [-0.39, 0.29) is 17.3 Å². The van der Waals surface area contributed by atoms with E-state index in [1.165, 1.54) is 16.4 Å². The Balaban J connectivity index is 2.98. The van der Waals surface area contributed by atoms with Crippen LogP contribution in [0.5, 0.6) is 0 Å². The van der Waals surface area contributed by atoms with E-state index in [4.69, 9.17) is 4.74 Å². The van der Waals surface area contributed by atoms with Gasteiger partial charge in [-0.2, -0.15) is 4.31 Å². The summed E-state index contributed by atoms with van der Waals surface area (Å²) in [4.78, 5) is 10.5. The van der Waals surface area contributed by atoms with Gasteiger partial charge >= 0.3 is 0 Å². The van der Waals surface area contributed by atoms with E-state index < -0.39 is 15.9 Å². The molecule has 0 N–H and O–H groups in total. The summed E-state index contributed by atoms with van der Waals surface area (Å²) in [6.07, 6.45) is 0. The van der Waals surface area contributed by atoms with Crippen LogP contribution in [0.1, 0.15) is 13.8 Å². The van der Waals surface area contributed by atoms with Gasteiger partial charge in [0.1, 0.15) is 22.6 Å². The summed E-state index contributed by atoms with van der Waals surface area (Å²) in [5.41, 5.74) is -0.134. The average Bonchev–Trinajstić information content (AvgIpc) is 2.39. The van der Waals surface area contributed by atoms with Crippen LogP contribution >= 0.6 is 0 Å². The van der Waals surface area contributed by atoms with Crippen LogP contribution in [0.2, 0.25) is 0 Å². The summed E-state index contributed by atoms with van der Waals surface area (Å²) in [5, 5.41) is 10.9. The van der Waals surface area contributed by atoms with Crippen molar-refractivity contribution in [3.8, 4) is 0 Å². The zero-order valence-corrected chi connectivity index (χ0v) is 11.2. The molecule has 0 aliphatic heterocycles. The van der Waals surface area contributed by atoms with E-state index in [9.17, 15) is 14.3 Å². The molecule has 100 valence electrons. The number of para-hydroxylation sites is 1. The Morgan fingerprint density at radius 2 is 2.06 bits per heavy atom. The van der Waals surface area contributed by atoms with Gasteiger partial charge in [0.05, 0.1) is 4.92 Å². The molecule has 0 aliphatic rings. The van der Waals surface area contributed by atoms with Crippen LogP contribution < -0.4 is 0 Å². The molecule has 18 heavy (non-hydrogen) atoms. The van der Waals surface area contributed by atoms with Gasteiger partial charge in [0.25, 0.3) is 5.69 Å². The van der Waals surface area contributed by atoms with Gasteiger partial charge in [-0.05, 0) is 13.0 Å². The zero-order chi connectivity index (χ0) is 13.5. The lowest BCUT2D eigenvalue weighted by atomic mass is 10.3. The average molecular weight is 272 g/mol. The van der Waals surface area contributed by atoms with E-state index in [0.717, 1.165) is 0 Å². The first kappa shape index (κ1) is 14.7. The smallest absolute Gasteiger partial charge is 0.286 e. The Labute approximate surface area is 108 Å². The van der Waals surface area contributed by atoms with Gasteiger partial charge in [0, 0.05) is 19.2 Å². The van der Waals surface area contributed by atoms with Crippen molar-refractivity contribution >= 4 is 16.7 Å². The molecule has 0 amide bonds. The van der Waals surface area contributed by atoms with Crippen LogP contribution in [0.3, 0.4) is 0 Å². The van der Waals surface area contributed by atoms with Crippen molar-refractivity contribution < 1.29 is 13.9 Å². The van der Waals surface area contributed by atoms with Gasteiger partial charge in [0.15, 0.2) is 0 Å². The fraction of sp³-hybridized carbons (Fsp3) is 0.455. The Bertz CT molecular complexity index is 439. The number of benzene rings is 1. The first-order chi connectivity index (χ1) is 8.61. The van der Waals surface area contributed by atoms with Crippen LogP contribution in [0, 0.1) is 10.1 Å². The van der Waals surface area contributed by atoms with Crippen molar-refractivity contribution in [1.29, 1.82) is 0 Å². The van der Waals surface area contributed by atoms with Gasteiger partial charge in [-0.3, -0.25) is 10.1 Å². The number of hydrogen-bond acceptors (Lipinski definition) is 4. The number of nitro groups is 1. The standard InChI is InChI=1S/C11H16N2O4S/c1-3-12(9-17-4-2)18(16)11-8-6-5-7-10(11)13(14)15/h5-8H,3-4,9H2,1-2H3. The topological polar surface area (TPSA) is 72.7 Å². The fourth-order valence-electron chi connectivity index (χ4n) is 1.34. The second kappa shape index (κ2) is 7.20. The highest BCUT2D eigenvalue weighted by molar-refractivity contribution is 7.82. The van der Waals surface area contributed by atoms with Crippen molar-refractivity contribution in [3.05, 3.63) is 34.4 Å². The molecule has 7 heteroatoms. The second-order valence-electron chi connectivity index (χ2n) is 3.39. The van der Waals surface area contributed by atoms with E-state index in [2.05, 4.69) is 0 Å². The van der Waals surface area contributed by atoms with E-state index in [1.54, 1.807) is 12.1 Å². The Morgan fingerprint density at radius 3 is 2.61 bits per heavy atom. The van der Waals surface area contributed by atoms with Crippen molar-refractivity contribution in [2.75, 3.05) is 19.9 Å². The van der Waals surface area contributed by atoms with Crippen LogP contribution in [0.25, 0.3) is 0 Å². The molecule has 1 rings (SSSR count). The fourth-order valence-corrected chi connectivity index (χ4v) is 2.54. The van der Waals surface area contributed by atoms with Crippen molar-refractivity contribution in [2.45, 2.75) is 18.7 Å². The van der Waals surface area contributed by atoms with E-state index >= 15 is 0 Å². The molecule has 0 saturated carbocycles. The maximum Gasteiger partial charge on any atom is 0.286 e.